The Morgan fingerprint density at radius 2 is 1.89 bits per heavy atom. The largest absolute Gasteiger partial charge is 0.464 e. The van der Waals surface area contributed by atoms with E-state index < -0.39 is 5.97 Å². The predicted octanol–water partition coefficient (Wildman–Crippen LogP) is 3.10. The van der Waals surface area contributed by atoms with Crippen molar-refractivity contribution in [2.24, 2.45) is 10.3 Å². The molecule has 0 spiro atoms. The van der Waals surface area contributed by atoms with E-state index in [1.165, 1.54) is 20.3 Å². The Kier molecular flexibility index (Phi) is 7.64. The van der Waals surface area contributed by atoms with Gasteiger partial charge in [-0.15, -0.1) is 9.24 Å². The van der Waals surface area contributed by atoms with Gasteiger partial charge in [0.1, 0.15) is 19.5 Å². The molecule has 0 aromatic heterocycles. The Hall–Kier alpha value is -2.79. The number of benzene rings is 2. The van der Waals surface area contributed by atoms with Crippen LogP contribution in [0, 0.1) is 12.7 Å². The minimum Gasteiger partial charge on any atom is -0.464 e. The molecule has 0 aliphatic rings. The highest BCUT2D eigenvalue weighted by Gasteiger charge is 2.20. The molecule has 0 aliphatic heterocycles. The van der Waals surface area contributed by atoms with E-state index >= 15 is 0 Å². The Bertz CT molecular complexity index is 928. The van der Waals surface area contributed by atoms with Gasteiger partial charge in [-0.3, -0.25) is 0 Å². The molecule has 28 heavy (non-hydrogen) atoms. The van der Waals surface area contributed by atoms with Crippen molar-refractivity contribution < 1.29 is 23.6 Å². The number of hydrogen-bond donors (Lipinski definition) is 0. The van der Waals surface area contributed by atoms with E-state index in [9.17, 15) is 9.18 Å². The van der Waals surface area contributed by atoms with Crippen LogP contribution in [0.2, 0.25) is 0 Å². The highest BCUT2D eigenvalue weighted by atomic mass is 31.0. The minimum atomic E-state index is -0.632. The van der Waals surface area contributed by atoms with Crippen LogP contribution in [0.25, 0.3) is 0 Å². The molecular weight excluding hydrogens is 382 g/mol. The predicted molar refractivity (Wildman–Crippen MR) is 109 cm³/mol. The summed E-state index contributed by atoms with van der Waals surface area (Å²) < 4.78 is 18.8. The second-order valence-corrected chi connectivity index (χ2v) is 6.57. The smallest absolute Gasteiger partial charge is 0.360 e. The number of oxime groups is 2. The lowest BCUT2D eigenvalue weighted by molar-refractivity contribution is -0.132. The quantitative estimate of drug-likeness (QED) is 0.308. The third kappa shape index (κ3) is 5.14. The number of hydrogen-bond acceptors (Lipinski definition) is 6. The van der Waals surface area contributed by atoms with E-state index in [0.717, 1.165) is 10.9 Å². The standard InChI is InChI=1S/C20H22FN2O4P/c1-12-6-5-7-16(19(23-26-4)20(24)25-3)17(12)11-27-22-13(2)15-9-8-14(28)10-18(15)21/h5-10H,11,28H2,1-4H3/b22-13+,23-19+. The van der Waals surface area contributed by atoms with Crippen LogP contribution in [0.1, 0.15) is 29.2 Å². The molecule has 1 atom stereocenters. The van der Waals surface area contributed by atoms with Gasteiger partial charge in [-0.1, -0.05) is 34.6 Å². The maximum absolute atomic E-state index is 14.1. The number of carbonyl (C=O) groups excluding carboxylic acids is 1. The molecule has 0 bridgehead atoms. The fraction of sp³-hybridized carbons (Fsp3) is 0.250. The van der Waals surface area contributed by atoms with Gasteiger partial charge in [-0.05, 0) is 36.8 Å². The zero-order valence-corrected chi connectivity index (χ0v) is 17.3. The molecule has 2 aromatic rings. The van der Waals surface area contributed by atoms with E-state index in [1.807, 2.05) is 13.0 Å². The molecule has 2 aromatic carbocycles. The summed E-state index contributed by atoms with van der Waals surface area (Å²) in [7, 11) is 5.05. The van der Waals surface area contributed by atoms with Gasteiger partial charge in [0.25, 0.3) is 0 Å². The van der Waals surface area contributed by atoms with Crippen molar-refractivity contribution in [3.8, 4) is 0 Å². The van der Waals surface area contributed by atoms with Crippen molar-refractivity contribution in [2.45, 2.75) is 20.5 Å². The molecule has 0 radical (unpaired) electrons. The lowest BCUT2D eigenvalue weighted by Crippen LogP contribution is -2.20. The molecule has 6 nitrogen and oxygen atoms in total. The number of nitrogens with zero attached hydrogens (tertiary/aromatic N) is 2. The first-order chi connectivity index (χ1) is 13.4. The summed E-state index contributed by atoms with van der Waals surface area (Å²) in [5.41, 5.74) is 2.86. The molecule has 0 heterocycles. The Morgan fingerprint density at radius 1 is 1.14 bits per heavy atom. The molecule has 0 saturated heterocycles. The number of halogens is 1. The molecular formula is C20H22FN2O4P. The van der Waals surface area contributed by atoms with Gasteiger partial charge >= 0.3 is 5.97 Å². The highest BCUT2D eigenvalue weighted by Crippen LogP contribution is 2.18. The molecule has 148 valence electrons. The summed E-state index contributed by atoms with van der Waals surface area (Å²) in [5.74, 6) is -1.01. The molecule has 0 N–H and O–H groups in total. The summed E-state index contributed by atoms with van der Waals surface area (Å²) in [6.45, 7) is 3.59. The first kappa shape index (κ1) is 21.5. The summed E-state index contributed by atoms with van der Waals surface area (Å²) in [6, 6.07) is 10.2. The average Bonchev–Trinajstić information content (AvgIpc) is 2.66. The lowest BCUT2D eigenvalue weighted by Gasteiger charge is -2.12. The minimum absolute atomic E-state index is 0.0232. The molecule has 0 aliphatic carbocycles. The van der Waals surface area contributed by atoms with Crippen LogP contribution in [0.15, 0.2) is 46.7 Å². The number of ether oxygens (including phenoxy) is 1. The summed E-state index contributed by atoms with van der Waals surface area (Å²) in [6.07, 6.45) is 0. The number of esters is 1. The molecule has 8 heteroatoms. The molecule has 1 unspecified atom stereocenters. The number of methoxy groups -OCH3 is 1. The van der Waals surface area contributed by atoms with Crippen LogP contribution < -0.4 is 5.30 Å². The fourth-order valence-corrected chi connectivity index (χ4v) is 2.81. The monoisotopic (exact) mass is 404 g/mol. The number of carbonyl (C=O) groups is 1. The van der Waals surface area contributed by atoms with Gasteiger partial charge in [0.15, 0.2) is 5.71 Å². The van der Waals surface area contributed by atoms with Gasteiger partial charge < -0.3 is 14.4 Å². The molecule has 0 amide bonds. The summed E-state index contributed by atoms with van der Waals surface area (Å²) in [4.78, 5) is 22.3. The normalized spacial score (nSPS) is 11.9. The van der Waals surface area contributed by atoms with Crippen LogP contribution in [-0.4, -0.2) is 31.6 Å². The Morgan fingerprint density at radius 3 is 2.54 bits per heavy atom. The molecule has 2 rings (SSSR count). The van der Waals surface area contributed by atoms with Crippen LogP contribution in [0.5, 0.6) is 0 Å². The second-order valence-electron chi connectivity index (χ2n) is 5.90. The van der Waals surface area contributed by atoms with Crippen molar-refractivity contribution in [1.82, 2.24) is 0 Å². The summed E-state index contributed by atoms with van der Waals surface area (Å²) in [5, 5.41) is 8.53. The zero-order chi connectivity index (χ0) is 20.7. The average molecular weight is 404 g/mol. The number of rotatable bonds is 7. The van der Waals surface area contributed by atoms with Crippen molar-refractivity contribution in [1.29, 1.82) is 0 Å². The highest BCUT2D eigenvalue weighted by molar-refractivity contribution is 7.27. The van der Waals surface area contributed by atoms with Gasteiger partial charge in [0, 0.05) is 16.7 Å². The fourth-order valence-electron chi connectivity index (χ4n) is 2.57. The van der Waals surface area contributed by atoms with Gasteiger partial charge in [0.05, 0.1) is 12.8 Å². The van der Waals surface area contributed by atoms with Crippen molar-refractivity contribution in [3.63, 3.8) is 0 Å². The SMILES string of the molecule is CO/N=C(/C(=O)OC)c1cccc(C)c1CO/N=C(\C)c1ccc(P)cc1F. The second kappa shape index (κ2) is 9.95. The van der Waals surface area contributed by atoms with Crippen molar-refractivity contribution in [2.75, 3.05) is 14.2 Å². The van der Waals surface area contributed by atoms with Crippen molar-refractivity contribution >= 4 is 31.9 Å². The van der Waals surface area contributed by atoms with Crippen LogP contribution in [-0.2, 0) is 25.8 Å². The third-order valence-electron chi connectivity index (χ3n) is 4.02. The van der Waals surface area contributed by atoms with E-state index in [2.05, 4.69) is 19.6 Å². The van der Waals surface area contributed by atoms with Crippen LogP contribution in [0.4, 0.5) is 4.39 Å². The first-order valence-corrected chi connectivity index (χ1v) is 8.97. The Labute approximate surface area is 165 Å². The topological polar surface area (TPSA) is 69.5 Å². The van der Waals surface area contributed by atoms with Gasteiger partial charge in [0.2, 0.25) is 0 Å². The Balaban J connectivity index is 2.29. The maximum Gasteiger partial charge on any atom is 0.360 e. The molecule has 0 fully saturated rings. The first-order valence-electron chi connectivity index (χ1n) is 8.39. The van der Waals surface area contributed by atoms with Gasteiger partial charge in [-0.25, -0.2) is 9.18 Å². The maximum atomic E-state index is 14.1. The number of aryl methyl sites for hydroxylation is 1. The lowest BCUT2D eigenvalue weighted by atomic mass is 9.99. The van der Waals surface area contributed by atoms with Crippen LogP contribution >= 0.6 is 9.24 Å². The van der Waals surface area contributed by atoms with E-state index in [0.29, 0.717) is 22.4 Å². The van der Waals surface area contributed by atoms with Crippen LogP contribution in [0.3, 0.4) is 0 Å². The van der Waals surface area contributed by atoms with Gasteiger partial charge in [-0.2, -0.15) is 0 Å². The third-order valence-corrected chi connectivity index (χ3v) is 4.38. The van der Waals surface area contributed by atoms with E-state index in [1.54, 1.807) is 31.2 Å². The van der Waals surface area contributed by atoms with E-state index in [4.69, 9.17) is 14.4 Å². The molecule has 0 saturated carbocycles. The van der Waals surface area contributed by atoms with Crippen molar-refractivity contribution in [3.05, 3.63) is 64.5 Å². The summed E-state index contributed by atoms with van der Waals surface area (Å²) >= 11 is 0. The van der Waals surface area contributed by atoms with E-state index in [-0.39, 0.29) is 18.1 Å². The zero-order valence-electron chi connectivity index (χ0n) is 16.2.